The van der Waals surface area contributed by atoms with Crippen LogP contribution in [-0.2, 0) is 0 Å². The van der Waals surface area contributed by atoms with E-state index in [1.54, 1.807) is 16.9 Å². The first-order chi connectivity index (χ1) is 13.1. The van der Waals surface area contributed by atoms with E-state index < -0.39 is 0 Å². The van der Waals surface area contributed by atoms with Crippen LogP contribution in [0.1, 0.15) is 28.9 Å². The monoisotopic (exact) mass is 418 g/mol. The summed E-state index contributed by atoms with van der Waals surface area (Å²) < 4.78 is 2.63. The second kappa shape index (κ2) is 6.03. The minimum atomic E-state index is -0.0680. The van der Waals surface area contributed by atoms with Crippen LogP contribution in [-0.4, -0.2) is 20.4 Å². The van der Waals surface area contributed by atoms with Crippen molar-refractivity contribution in [3.8, 4) is 0 Å². The Balaban J connectivity index is 1.56. The molecule has 27 heavy (non-hydrogen) atoms. The first kappa shape index (κ1) is 16.2. The summed E-state index contributed by atoms with van der Waals surface area (Å²) >= 11 is 3.43. The van der Waals surface area contributed by atoms with Gasteiger partial charge >= 0.3 is 0 Å². The van der Waals surface area contributed by atoms with Crippen LogP contribution >= 0.6 is 15.9 Å². The third kappa shape index (κ3) is 2.56. The number of pyridine rings is 2. The summed E-state index contributed by atoms with van der Waals surface area (Å²) in [6.07, 6.45) is 5.42. The average Bonchev–Trinajstić information content (AvgIpc) is 3.11. The van der Waals surface area contributed by atoms with Gasteiger partial charge in [0.1, 0.15) is 5.69 Å². The number of carbonyl (C=O) groups excluding carboxylic acids is 1. The van der Waals surface area contributed by atoms with Crippen molar-refractivity contribution in [2.24, 2.45) is 0 Å². The molecule has 1 aromatic carbocycles. The van der Waals surface area contributed by atoms with Gasteiger partial charge in [-0.05, 0) is 45.8 Å². The van der Waals surface area contributed by atoms with Gasteiger partial charge in [0.2, 0.25) is 5.78 Å². The molecular weight excluding hydrogens is 404 g/mol. The van der Waals surface area contributed by atoms with Crippen LogP contribution in [0.3, 0.4) is 0 Å². The molecule has 1 N–H and O–H groups in total. The maximum atomic E-state index is 13.1. The Hall–Kier alpha value is -2.99. The van der Waals surface area contributed by atoms with Gasteiger partial charge in [0.15, 0.2) is 0 Å². The summed E-state index contributed by atoms with van der Waals surface area (Å²) in [7, 11) is 0. The van der Waals surface area contributed by atoms with E-state index in [9.17, 15) is 4.79 Å². The zero-order valence-electron chi connectivity index (χ0n) is 14.5. The Labute approximate surface area is 163 Å². The highest BCUT2D eigenvalue weighted by Crippen LogP contribution is 2.39. The quantitative estimate of drug-likeness (QED) is 0.468. The molecule has 0 spiro atoms. The average molecular weight is 419 g/mol. The molecule has 1 aliphatic rings. The van der Waals surface area contributed by atoms with E-state index in [1.807, 2.05) is 43.5 Å². The molecule has 4 aromatic rings. The van der Waals surface area contributed by atoms with Crippen LogP contribution in [0, 0.1) is 0 Å². The van der Waals surface area contributed by atoms with Crippen molar-refractivity contribution >= 4 is 43.8 Å². The number of aromatic nitrogens is 3. The molecule has 0 saturated heterocycles. The SMILES string of the molecule is CC1C(C(=O)c2cc3ccc(Br)cn3n2)=CNc2c1ccc1cccnc21. The topological polar surface area (TPSA) is 59.3 Å². The second-order valence-corrected chi connectivity index (χ2v) is 7.56. The minimum Gasteiger partial charge on any atom is -0.359 e. The van der Waals surface area contributed by atoms with Crippen molar-refractivity contribution in [1.82, 2.24) is 14.6 Å². The number of allylic oxidation sites excluding steroid dienone is 1. The van der Waals surface area contributed by atoms with E-state index in [0.29, 0.717) is 11.3 Å². The van der Waals surface area contributed by atoms with Crippen LogP contribution in [0.15, 0.2) is 71.1 Å². The Bertz CT molecular complexity index is 1260. The van der Waals surface area contributed by atoms with E-state index in [0.717, 1.165) is 32.1 Å². The van der Waals surface area contributed by atoms with Crippen LogP contribution in [0.5, 0.6) is 0 Å². The first-order valence-corrected chi connectivity index (χ1v) is 9.45. The van der Waals surface area contributed by atoms with Gasteiger partial charge in [-0.2, -0.15) is 5.10 Å². The predicted molar refractivity (Wildman–Crippen MR) is 109 cm³/mol. The molecule has 5 rings (SSSR count). The van der Waals surface area contributed by atoms with Gasteiger partial charge in [0.05, 0.1) is 16.7 Å². The zero-order valence-corrected chi connectivity index (χ0v) is 16.1. The van der Waals surface area contributed by atoms with Crippen molar-refractivity contribution in [2.75, 3.05) is 5.32 Å². The number of rotatable bonds is 2. The number of nitrogens with zero attached hydrogens (tertiary/aromatic N) is 3. The van der Waals surface area contributed by atoms with Crippen molar-refractivity contribution in [2.45, 2.75) is 12.8 Å². The van der Waals surface area contributed by atoms with Crippen molar-refractivity contribution in [1.29, 1.82) is 0 Å². The highest BCUT2D eigenvalue weighted by atomic mass is 79.9. The molecule has 1 atom stereocenters. The summed E-state index contributed by atoms with van der Waals surface area (Å²) in [5.41, 5.74) is 4.97. The fourth-order valence-electron chi connectivity index (χ4n) is 3.60. The molecule has 1 aliphatic heterocycles. The van der Waals surface area contributed by atoms with E-state index >= 15 is 0 Å². The van der Waals surface area contributed by atoms with Crippen molar-refractivity contribution < 1.29 is 4.79 Å². The normalized spacial score (nSPS) is 16.1. The molecule has 0 bridgehead atoms. The lowest BCUT2D eigenvalue weighted by Crippen LogP contribution is -2.17. The number of nitrogens with one attached hydrogen (secondary N) is 1. The molecule has 6 heteroatoms. The second-order valence-electron chi connectivity index (χ2n) is 6.65. The Morgan fingerprint density at radius 2 is 2.11 bits per heavy atom. The number of Topliss-reactive ketones (excluding diaryl/α,β-unsaturated/α-hetero) is 1. The first-order valence-electron chi connectivity index (χ1n) is 8.66. The maximum absolute atomic E-state index is 13.1. The number of hydrogen-bond acceptors (Lipinski definition) is 4. The van der Waals surface area contributed by atoms with Gasteiger partial charge < -0.3 is 5.32 Å². The number of fused-ring (bicyclic) bond motifs is 4. The molecule has 0 fully saturated rings. The lowest BCUT2D eigenvalue weighted by molar-refractivity contribution is 0.102. The molecule has 5 nitrogen and oxygen atoms in total. The van der Waals surface area contributed by atoms with Crippen LogP contribution in [0.25, 0.3) is 16.4 Å². The van der Waals surface area contributed by atoms with E-state index in [-0.39, 0.29) is 11.7 Å². The van der Waals surface area contributed by atoms with Crippen LogP contribution in [0.2, 0.25) is 0 Å². The highest BCUT2D eigenvalue weighted by molar-refractivity contribution is 9.10. The van der Waals surface area contributed by atoms with Crippen LogP contribution < -0.4 is 5.32 Å². The van der Waals surface area contributed by atoms with Gasteiger partial charge in [0, 0.05) is 39.9 Å². The number of ketones is 1. The van der Waals surface area contributed by atoms with Gasteiger partial charge in [-0.1, -0.05) is 25.1 Å². The lowest BCUT2D eigenvalue weighted by atomic mass is 9.86. The molecular formula is C21H15BrN4O. The molecule has 0 amide bonds. The molecule has 3 aromatic heterocycles. The van der Waals surface area contributed by atoms with Crippen molar-refractivity contribution in [3.05, 3.63) is 82.4 Å². The van der Waals surface area contributed by atoms with Gasteiger partial charge in [-0.3, -0.25) is 9.78 Å². The molecule has 132 valence electrons. The summed E-state index contributed by atoms with van der Waals surface area (Å²) in [5, 5.41) is 8.81. The number of halogens is 1. The molecule has 0 aliphatic carbocycles. The van der Waals surface area contributed by atoms with Gasteiger partial charge in [-0.15, -0.1) is 0 Å². The Morgan fingerprint density at radius 1 is 1.22 bits per heavy atom. The minimum absolute atomic E-state index is 0.0447. The largest absolute Gasteiger partial charge is 0.359 e. The Kier molecular flexibility index (Phi) is 3.62. The number of benzene rings is 1. The number of carbonyl (C=O) groups is 1. The fraction of sp³-hybridized carbons (Fsp3) is 0.0952. The van der Waals surface area contributed by atoms with E-state index in [2.05, 4.69) is 43.5 Å². The molecule has 0 radical (unpaired) electrons. The van der Waals surface area contributed by atoms with E-state index in [1.165, 1.54) is 0 Å². The highest BCUT2D eigenvalue weighted by Gasteiger charge is 2.28. The summed E-state index contributed by atoms with van der Waals surface area (Å²) in [4.78, 5) is 17.6. The van der Waals surface area contributed by atoms with Crippen molar-refractivity contribution in [3.63, 3.8) is 0 Å². The summed E-state index contributed by atoms with van der Waals surface area (Å²) in [5.74, 6) is -0.113. The molecule has 1 unspecified atom stereocenters. The number of anilines is 1. The Morgan fingerprint density at radius 3 is 3.00 bits per heavy atom. The third-order valence-electron chi connectivity index (χ3n) is 5.03. The maximum Gasteiger partial charge on any atom is 0.211 e. The molecule has 0 saturated carbocycles. The smallest absolute Gasteiger partial charge is 0.211 e. The zero-order chi connectivity index (χ0) is 18.5. The lowest BCUT2D eigenvalue weighted by Gasteiger charge is -2.24. The fourth-order valence-corrected chi connectivity index (χ4v) is 3.92. The summed E-state index contributed by atoms with van der Waals surface area (Å²) in [6, 6.07) is 13.8. The van der Waals surface area contributed by atoms with E-state index in [4.69, 9.17) is 0 Å². The van der Waals surface area contributed by atoms with Gasteiger partial charge in [0.25, 0.3) is 0 Å². The predicted octanol–water partition coefficient (Wildman–Crippen LogP) is 4.94. The summed E-state index contributed by atoms with van der Waals surface area (Å²) in [6.45, 7) is 2.05. The third-order valence-corrected chi connectivity index (χ3v) is 5.50. The standard InChI is InChI=1S/C21H15BrN4O/c1-12-16-7-4-13-3-2-8-23-19(13)20(16)24-10-17(12)21(27)18-9-15-6-5-14(22)11-26(15)25-18/h2-12,24H,1H3. The molecule has 4 heterocycles. The van der Waals surface area contributed by atoms with Gasteiger partial charge in [-0.25, -0.2) is 4.52 Å². The van der Waals surface area contributed by atoms with Crippen LogP contribution in [0.4, 0.5) is 5.69 Å². The number of hydrogen-bond donors (Lipinski definition) is 1.